The lowest BCUT2D eigenvalue weighted by molar-refractivity contribution is 0.348. The van der Waals surface area contributed by atoms with Gasteiger partial charge in [-0.3, -0.25) is 0 Å². The second-order valence-corrected chi connectivity index (χ2v) is 9.67. The highest BCUT2D eigenvalue weighted by molar-refractivity contribution is 14.0. The van der Waals surface area contributed by atoms with Gasteiger partial charge in [0.15, 0.2) is 5.96 Å². The van der Waals surface area contributed by atoms with Crippen LogP contribution in [0.25, 0.3) is 0 Å². The van der Waals surface area contributed by atoms with Gasteiger partial charge in [0, 0.05) is 24.9 Å². The number of aliphatic imine (C=N–C) groups is 1. The average Bonchev–Trinajstić information content (AvgIpc) is 2.56. The monoisotopic (exact) mass is 511 g/mol. The number of aryl methyl sites for hydroxylation is 1. The average molecular weight is 511 g/mol. The van der Waals surface area contributed by atoms with Crippen LogP contribution >= 0.6 is 24.0 Å². The van der Waals surface area contributed by atoms with E-state index in [1.54, 1.807) is 7.11 Å². The van der Waals surface area contributed by atoms with Crippen molar-refractivity contribution in [3.63, 3.8) is 0 Å². The number of sulfone groups is 1. The third-order valence-electron chi connectivity index (χ3n) is 4.08. The molecular formula is C19H34IN3O3S. The van der Waals surface area contributed by atoms with E-state index in [1.807, 2.05) is 32.0 Å². The zero-order valence-corrected chi connectivity index (χ0v) is 20.4. The molecule has 1 aromatic rings. The highest BCUT2D eigenvalue weighted by atomic mass is 127. The summed E-state index contributed by atoms with van der Waals surface area (Å²) in [6.45, 7) is 10.0. The molecule has 0 bridgehead atoms. The van der Waals surface area contributed by atoms with Crippen molar-refractivity contribution in [1.82, 2.24) is 10.6 Å². The van der Waals surface area contributed by atoms with Crippen molar-refractivity contribution in [2.75, 3.05) is 32.2 Å². The molecule has 0 atom stereocenters. The molecule has 1 rings (SSSR count). The number of hydrogen-bond acceptors (Lipinski definition) is 4. The summed E-state index contributed by atoms with van der Waals surface area (Å²) in [5.74, 6) is 1.73. The Morgan fingerprint density at radius 2 is 1.93 bits per heavy atom. The van der Waals surface area contributed by atoms with E-state index in [-0.39, 0.29) is 35.1 Å². The summed E-state index contributed by atoms with van der Waals surface area (Å²) in [5.41, 5.74) is 2.01. The number of hydrogen-bond donors (Lipinski definition) is 2. The third-order valence-corrected chi connectivity index (χ3v) is 5.02. The number of rotatable bonds is 9. The van der Waals surface area contributed by atoms with Crippen molar-refractivity contribution >= 4 is 39.8 Å². The number of benzene rings is 1. The van der Waals surface area contributed by atoms with Crippen LogP contribution in [-0.4, -0.2) is 46.6 Å². The van der Waals surface area contributed by atoms with E-state index in [9.17, 15) is 8.42 Å². The summed E-state index contributed by atoms with van der Waals surface area (Å²) in [5, 5.41) is 6.55. The van der Waals surface area contributed by atoms with Crippen LogP contribution in [0.3, 0.4) is 0 Å². The lowest BCUT2D eigenvalue weighted by atomic mass is 9.90. The number of ether oxygens (including phenoxy) is 1. The van der Waals surface area contributed by atoms with Crippen LogP contribution in [0.4, 0.5) is 0 Å². The summed E-state index contributed by atoms with van der Waals surface area (Å²) in [6.07, 6.45) is 1.88. The summed E-state index contributed by atoms with van der Waals surface area (Å²) < 4.78 is 28.2. The SMILES string of the molecule is CCNC(=NCc1ccc(C)cc1OC)NCC(C)(C)CCS(C)(=O)=O.I. The molecule has 0 aromatic heterocycles. The molecule has 6 nitrogen and oxygen atoms in total. The Bertz CT molecular complexity index is 719. The van der Waals surface area contributed by atoms with Gasteiger partial charge in [-0.2, -0.15) is 0 Å². The highest BCUT2D eigenvalue weighted by Gasteiger charge is 2.20. The van der Waals surface area contributed by atoms with Gasteiger partial charge >= 0.3 is 0 Å². The van der Waals surface area contributed by atoms with Crippen molar-refractivity contribution in [3.05, 3.63) is 29.3 Å². The van der Waals surface area contributed by atoms with Crippen LogP contribution in [0.5, 0.6) is 5.75 Å². The fourth-order valence-corrected chi connectivity index (χ4v) is 3.28. The first kappa shape index (κ1) is 26.0. The molecule has 27 heavy (non-hydrogen) atoms. The van der Waals surface area contributed by atoms with Gasteiger partial charge in [-0.05, 0) is 37.3 Å². The molecule has 156 valence electrons. The number of guanidine groups is 1. The molecule has 0 amide bonds. The predicted octanol–water partition coefficient (Wildman–Crippen LogP) is 3.14. The van der Waals surface area contributed by atoms with Crippen LogP contribution in [-0.2, 0) is 16.4 Å². The Morgan fingerprint density at radius 1 is 1.26 bits per heavy atom. The van der Waals surface area contributed by atoms with Crippen molar-refractivity contribution < 1.29 is 13.2 Å². The molecule has 0 radical (unpaired) electrons. The van der Waals surface area contributed by atoms with Crippen LogP contribution in [0.2, 0.25) is 0 Å². The number of halogens is 1. The fraction of sp³-hybridized carbons (Fsp3) is 0.632. The van der Waals surface area contributed by atoms with Crippen LogP contribution in [0.15, 0.2) is 23.2 Å². The van der Waals surface area contributed by atoms with E-state index >= 15 is 0 Å². The molecule has 0 unspecified atom stereocenters. The van der Waals surface area contributed by atoms with Gasteiger partial charge < -0.3 is 15.4 Å². The van der Waals surface area contributed by atoms with Crippen molar-refractivity contribution in [2.45, 2.75) is 40.7 Å². The Hall–Kier alpha value is -1.03. The molecule has 1 aromatic carbocycles. The molecule has 0 aliphatic carbocycles. The minimum absolute atomic E-state index is 0. The minimum atomic E-state index is -2.95. The van der Waals surface area contributed by atoms with E-state index in [0.29, 0.717) is 25.5 Å². The molecule has 0 fully saturated rings. The molecule has 0 saturated heterocycles. The molecular weight excluding hydrogens is 477 g/mol. The van der Waals surface area contributed by atoms with Gasteiger partial charge in [-0.15, -0.1) is 24.0 Å². The summed E-state index contributed by atoms with van der Waals surface area (Å²) in [6, 6.07) is 6.07. The maximum Gasteiger partial charge on any atom is 0.191 e. The largest absolute Gasteiger partial charge is 0.496 e. The van der Waals surface area contributed by atoms with Gasteiger partial charge in [0.2, 0.25) is 0 Å². The lowest BCUT2D eigenvalue weighted by Crippen LogP contribution is -2.42. The van der Waals surface area contributed by atoms with Gasteiger partial charge in [0.05, 0.1) is 19.4 Å². The first-order chi connectivity index (χ1) is 12.1. The second-order valence-electron chi connectivity index (χ2n) is 7.41. The molecule has 0 heterocycles. The zero-order chi connectivity index (χ0) is 19.8. The smallest absolute Gasteiger partial charge is 0.191 e. The van der Waals surface area contributed by atoms with Crippen LogP contribution in [0, 0.1) is 12.3 Å². The Kier molecular flexibility index (Phi) is 11.3. The molecule has 0 aliphatic heterocycles. The summed E-state index contributed by atoms with van der Waals surface area (Å²) in [7, 11) is -1.29. The quantitative estimate of drug-likeness (QED) is 0.303. The van der Waals surface area contributed by atoms with E-state index in [0.717, 1.165) is 23.4 Å². The molecule has 0 saturated carbocycles. The lowest BCUT2D eigenvalue weighted by Gasteiger charge is -2.25. The topological polar surface area (TPSA) is 79.8 Å². The Morgan fingerprint density at radius 3 is 2.48 bits per heavy atom. The standard InChI is InChI=1S/C19H33N3O3S.HI/c1-7-20-18(22-14-19(3,4)10-11-26(6,23)24)21-13-16-9-8-15(2)12-17(16)25-5;/h8-9,12H,7,10-11,13-14H2,1-6H3,(H2,20,21,22);1H. The predicted molar refractivity (Wildman–Crippen MR) is 124 cm³/mol. The molecule has 2 N–H and O–H groups in total. The van der Waals surface area contributed by atoms with Crippen LogP contribution in [0.1, 0.15) is 38.3 Å². The fourth-order valence-electron chi connectivity index (χ4n) is 2.36. The van der Waals surface area contributed by atoms with E-state index in [1.165, 1.54) is 6.26 Å². The van der Waals surface area contributed by atoms with E-state index in [4.69, 9.17) is 4.74 Å². The summed E-state index contributed by atoms with van der Waals surface area (Å²) >= 11 is 0. The van der Waals surface area contributed by atoms with Crippen molar-refractivity contribution in [3.8, 4) is 5.75 Å². The normalized spacial score (nSPS) is 12.3. The Balaban J connectivity index is 0.00000676. The third kappa shape index (κ3) is 10.8. The molecule has 8 heteroatoms. The van der Waals surface area contributed by atoms with Gasteiger partial charge in [-0.25, -0.2) is 13.4 Å². The molecule has 0 spiro atoms. The first-order valence-electron chi connectivity index (χ1n) is 8.90. The summed E-state index contributed by atoms with van der Waals surface area (Å²) in [4.78, 5) is 4.63. The number of methoxy groups -OCH3 is 1. The number of nitrogens with one attached hydrogen (secondary N) is 2. The Labute approximate surface area is 181 Å². The first-order valence-corrected chi connectivity index (χ1v) is 11.0. The van der Waals surface area contributed by atoms with Gasteiger partial charge in [-0.1, -0.05) is 26.0 Å². The molecule has 0 aliphatic rings. The number of nitrogens with zero attached hydrogens (tertiary/aromatic N) is 1. The van der Waals surface area contributed by atoms with Crippen LogP contribution < -0.4 is 15.4 Å². The van der Waals surface area contributed by atoms with E-state index < -0.39 is 9.84 Å². The second kappa shape index (κ2) is 11.7. The van der Waals surface area contributed by atoms with Gasteiger partial charge in [0.25, 0.3) is 0 Å². The maximum absolute atomic E-state index is 11.4. The van der Waals surface area contributed by atoms with Crippen molar-refractivity contribution in [2.24, 2.45) is 10.4 Å². The van der Waals surface area contributed by atoms with E-state index in [2.05, 4.69) is 29.5 Å². The van der Waals surface area contributed by atoms with Gasteiger partial charge in [0.1, 0.15) is 15.6 Å². The van der Waals surface area contributed by atoms with Crippen molar-refractivity contribution in [1.29, 1.82) is 0 Å². The zero-order valence-electron chi connectivity index (χ0n) is 17.3. The minimum Gasteiger partial charge on any atom is -0.496 e. The highest BCUT2D eigenvalue weighted by Crippen LogP contribution is 2.21. The maximum atomic E-state index is 11.4.